The Hall–Kier alpha value is -2.08. The van der Waals surface area contributed by atoms with Crippen molar-refractivity contribution < 1.29 is 14.3 Å². The zero-order valence-corrected chi connectivity index (χ0v) is 13.6. The average Bonchev–Trinajstić information content (AvgIpc) is 2.58. The van der Waals surface area contributed by atoms with Gasteiger partial charge in [0.2, 0.25) is 5.91 Å². The molecular formula is C17H25N3O3. The van der Waals surface area contributed by atoms with Crippen molar-refractivity contribution in [3.63, 3.8) is 0 Å². The molecule has 0 bridgehead atoms. The van der Waals surface area contributed by atoms with Crippen molar-refractivity contribution in [1.82, 2.24) is 10.2 Å². The van der Waals surface area contributed by atoms with E-state index >= 15 is 0 Å². The molecule has 1 saturated heterocycles. The molecule has 1 aromatic carbocycles. The Bertz CT molecular complexity index is 524. The van der Waals surface area contributed by atoms with E-state index in [1.807, 2.05) is 0 Å². The van der Waals surface area contributed by atoms with Gasteiger partial charge in [-0.15, -0.1) is 0 Å². The SMILES string of the molecule is CN(CC[C@H]1CCCCO1)C(=O)NCc1ccc(C(N)=O)cc1. The van der Waals surface area contributed by atoms with E-state index in [4.69, 9.17) is 10.5 Å². The minimum absolute atomic E-state index is 0.111. The summed E-state index contributed by atoms with van der Waals surface area (Å²) in [4.78, 5) is 24.7. The molecule has 1 atom stereocenters. The molecule has 6 nitrogen and oxygen atoms in total. The standard InChI is InChI=1S/C17H25N3O3/c1-20(10-9-15-4-2-3-11-23-15)17(22)19-12-13-5-7-14(8-6-13)16(18)21/h5-8,15H,2-4,9-12H2,1H3,(H2,18,21)(H,19,22)/t15-/m1/s1. The van der Waals surface area contributed by atoms with Gasteiger partial charge in [0, 0.05) is 32.3 Å². The molecule has 0 unspecified atom stereocenters. The summed E-state index contributed by atoms with van der Waals surface area (Å²) in [6.45, 7) is 1.93. The first-order chi connectivity index (χ1) is 11.1. The number of primary amides is 1. The lowest BCUT2D eigenvalue weighted by Gasteiger charge is -2.25. The number of amides is 3. The summed E-state index contributed by atoms with van der Waals surface area (Å²) >= 11 is 0. The van der Waals surface area contributed by atoms with Gasteiger partial charge in [-0.1, -0.05) is 12.1 Å². The predicted octanol–water partition coefficient (Wildman–Crippen LogP) is 1.89. The van der Waals surface area contributed by atoms with Crippen LogP contribution in [0.2, 0.25) is 0 Å². The van der Waals surface area contributed by atoms with Gasteiger partial charge in [-0.25, -0.2) is 4.79 Å². The van der Waals surface area contributed by atoms with Crippen LogP contribution in [-0.4, -0.2) is 43.1 Å². The first kappa shape index (κ1) is 17.3. The molecule has 1 heterocycles. The van der Waals surface area contributed by atoms with E-state index in [2.05, 4.69) is 5.32 Å². The maximum atomic E-state index is 12.1. The van der Waals surface area contributed by atoms with Crippen LogP contribution >= 0.6 is 0 Å². The van der Waals surface area contributed by atoms with Gasteiger partial charge in [-0.2, -0.15) is 0 Å². The van der Waals surface area contributed by atoms with Crippen LogP contribution in [0.3, 0.4) is 0 Å². The molecular weight excluding hydrogens is 294 g/mol. The molecule has 1 aliphatic rings. The normalized spacial score (nSPS) is 17.5. The lowest BCUT2D eigenvalue weighted by atomic mass is 10.1. The number of carbonyl (C=O) groups excluding carboxylic acids is 2. The molecule has 126 valence electrons. The van der Waals surface area contributed by atoms with Gasteiger partial charge in [0.1, 0.15) is 0 Å². The van der Waals surface area contributed by atoms with E-state index in [-0.39, 0.29) is 12.1 Å². The van der Waals surface area contributed by atoms with Gasteiger partial charge < -0.3 is 20.7 Å². The predicted molar refractivity (Wildman–Crippen MR) is 88.0 cm³/mol. The van der Waals surface area contributed by atoms with Gasteiger partial charge in [-0.05, 0) is 43.4 Å². The van der Waals surface area contributed by atoms with E-state index in [1.54, 1.807) is 36.2 Å². The highest BCUT2D eigenvalue weighted by molar-refractivity contribution is 5.92. The lowest BCUT2D eigenvalue weighted by Crippen LogP contribution is -2.38. The minimum Gasteiger partial charge on any atom is -0.378 e. The summed E-state index contributed by atoms with van der Waals surface area (Å²) in [5.41, 5.74) is 6.58. The van der Waals surface area contributed by atoms with Crippen molar-refractivity contribution in [3.8, 4) is 0 Å². The lowest BCUT2D eigenvalue weighted by molar-refractivity contribution is 0.00827. The zero-order valence-electron chi connectivity index (χ0n) is 13.6. The highest BCUT2D eigenvalue weighted by Crippen LogP contribution is 2.15. The average molecular weight is 319 g/mol. The molecule has 3 N–H and O–H groups in total. The number of nitrogens with two attached hydrogens (primary N) is 1. The fraction of sp³-hybridized carbons (Fsp3) is 0.529. The summed E-state index contributed by atoms with van der Waals surface area (Å²) in [6, 6.07) is 6.79. The number of nitrogens with zero attached hydrogens (tertiary/aromatic N) is 1. The summed E-state index contributed by atoms with van der Waals surface area (Å²) in [7, 11) is 1.79. The third-order valence-corrected chi connectivity index (χ3v) is 4.09. The molecule has 0 aliphatic carbocycles. The summed E-state index contributed by atoms with van der Waals surface area (Å²) in [6.07, 6.45) is 4.59. The Morgan fingerprint density at radius 1 is 1.30 bits per heavy atom. The van der Waals surface area contributed by atoms with Gasteiger partial charge >= 0.3 is 6.03 Å². The van der Waals surface area contributed by atoms with Crippen molar-refractivity contribution in [2.75, 3.05) is 20.2 Å². The van der Waals surface area contributed by atoms with Crippen LogP contribution in [0.25, 0.3) is 0 Å². The van der Waals surface area contributed by atoms with Gasteiger partial charge in [-0.3, -0.25) is 4.79 Å². The van der Waals surface area contributed by atoms with E-state index in [0.717, 1.165) is 31.4 Å². The van der Waals surface area contributed by atoms with Crippen LogP contribution in [0.4, 0.5) is 4.79 Å². The number of benzene rings is 1. The minimum atomic E-state index is -0.453. The van der Waals surface area contributed by atoms with Gasteiger partial charge in [0.25, 0.3) is 0 Å². The van der Waals surface area contributed by atoms with Crippen molar-refractivity contribution >= 4 is 11.9 Å². The van der Waals surface area contributed by atoms with Crippen LogP contribution in [0, 0.1) is 0 Å². The van der Waals surface area contributed by atoms with Crippen molar-refractivity contribution in [3.05, 3.63) is 35.4 Å². The van der Waals surface area contributed by atoms with E-state index in [0.29, 0.717) is 18.7 Å². The van der Waals surface area contributed by atoms with Crippen molar-refractivity contribution in [2.24, 2.45) is 5.73 Å². The fourth-order valence-corrected chi connectivity index (χ4v) is 2.57. The number of hydrogen-bond donors (Lipinski definition) is 2. The van der Waals surface area contributed by atoms with Crippen LogP contribution in [0.5, 0.6) is 0 Å². The Morgan fingerprint density at radius 3 is 2.65 bits per heavy atom. The molecule has 0 spiro atoms. The number of rotatable bonds is 6. The maximum absolute atomic E-state index is 12.1. The fourth-order valence-electron chi connectivity index (χ4n) is 2.57. The Labute approximate surface area is 137 Å². The zero-order chi connectivity index (χ0) is 16.7. The highest BCUT2D eigenvalue weighted by Gasteiger charge is 2.16. The van der Waals surface area contributed by atoms with Crippen molar-refractivity contribution in [1.29, 1.82) is 0 Å². The van der Waals surface area contributed by atoms with Gasteiger partial charge in [0.15, 0.2) is 0 Å². The summed E-state index contributed by atoms with van der Waals surface area (Å²) in [5.74, 6) is -0.453. The topological polar surface area (TPSA) is 84.7 Å². The first-order valence-corrected chi connectivity index (χ1v) is 8.05. The maximum Gasteiger partial charge on any atom is 0.317 e. The number of ether oxygens (including phenoxy) is 1. The molecule has 0 aromatic heterocycles. The van der Waals surface area contributed by atoms with E-state index < -0.39 is 5.91 Å². The monoisotopic (exact) mass is 319 g/mol. The van der Waals surface area contributed by atoms with Crippen LogP contribution < -0.4 is 11.1 Å². The summed E-state index contributed by atoms with van der Waals surface area (Å²) < 4.78 is 5.67. The second-order valence-corrected chi connectivity index (χ2v) is 5.92. The smallest absolute Gasteiger partial charge is 0.317 e. The Balaban J connectivity index is 1.71. The number of carbonyl (C=O) groups is 2. The molecule has 1 fully saturated rings. The van der Waals surface area contributed by atoms with E-state index in [1.165, 1.54) is 6.42 Å². The first-order valence-electron chi connectivity index (χ1n) is 8.05. The van der Waals surface area contributed by atoms with E-state index in [9.17, 15) is 9.59 Å². The van der Waals surface area contributed by atoms with Crippen LogP contribution in [0.15, 0.2) is 24.3 Å². The molecule has 0 radical (unpaired) electrons. The summed E-state index contributed by atoms with van der Waals surface area (Å²) in [5, 5.41) is 2.87. The number of urea groups is 1. The number of hydrogen-bond acceptors (Lipinski definition) is 3. The second-order valence-electron chi connectivity index (χ2n) is 5.92. The largest absolute Gasteiger partial charge is 0.378 e. The quantitative estimate of drug-likeness (QED) is 0.839. The molecule has 0 saturated carbocycles. The second kappa shape index (κ2) is 8.53. The molecule has 2 rings (SSSR count). The third-order valence-electron chi connectivity index (χ3n) is 4.09. The molecule has 23 heavy (non-hydrogen) atoms. The third kappa shape index (κ3) is 5.56. The molecule has 1 aromatic rings. The molecule has 6 heteroatoms. The number of nitrogens with one attached hydrogen (secondary N) is 1. The van der Waals surface area contributed by atoms with Crippen LogP contribution in [-0.2, 0) is 11.3 Å². The molecule has 1 aliphatic heterocycles. The highest BCUT2D eigenvalue weighted by atomic mass is 16.5. The Morgan fingerprint density at radius 2 is 2.04 bits per heavy atom. The molecule has 3 amide bonds. The van der Waals surface area contributed by atoms with Gasteiger partial charge in [0.05, 0.1) is 6.10 Å². The van der Waals surface area contributed by atoms with Crippen molar-refractivity contribution in [2.45, 2.75) is 38.3 Å². The van der Waals surface area contributed by atoms with Crippen LogP contribution in [0.1, 0.15) is 41.6 Å². The Kier molecular flexibility index (Phi) is 6.40.